The zero-order valence-electron chi connectivity index (χ0n) is 14.5. The minimum atomic E-state index is -0.307. The van der Waals surface area contributed by atoms with E-state index >= 15 is 0 Å². The van der Waals surface area contributed by atoms with Crippen molar-refractivity contribution < 1.29 is 9.59 Å². The maximum absolute atomic E-state index is 12.8. The molecule has 0 atom stereocenters. The number of aryl methyl sites for hydroxylation is 2. The van der Waals surface area contributed by atoms with E-state index in [9.17, 15) is 9.59 Å². The molecule has 0 unspecified atom stereocenters. The van der Waals surface area contributed by atoms with Crippen LogP contribution in [0.25, 0.3) is 0 Å². The lowest BCUT2D eigenvalue weighted by Crippen LogP contribution is -2.43. The number of benzene rings is 1. The average molecular weight is 358 g/mol. The lowest BCUT2D eigenvalue weighted by Gasteiger charge is -2.23. The van der Waals surface area contributed by atoms with Gasteiger partial charge in [0.1, 0.15) is 6.54 Å². The first kappa shape index (κ1) is 17.5. The Morgan fingerprint density at radius 1 is 1.24 bits per heavy atom. The molecule has 1 fully saturated rings. The molecule has 1 heterocycles. The van der Waals surface area contributed by atoms with Crippen LogP contribution in [0.4, 0.5) is 5.69 Å². The highest BCUT2D eigenvalue weighted by molar-refractivity contribution is 7.03. The van der Waals surface area contributed by atoms with Crippen molar-refractivity contribution in [3.8, 4) is 0 Å². The largest absolute Gasteiger partial charge is 0.352 e. The summed E-state index contributed by atoms with van der Waals surface area (Å²) in [6, 6.07) is 5.97. The molecule has 7 heteroatoms. The zero-order valence-corrected chi connectivity index (χ0v) is 15.3. The summed E-state index contributed by atoms with van der Waals surface area (Å²) in [6.07, 6.45) is 4.32. The van der Waals surface area contributed by atoms with Gasteiger partial charge in [-0.2, -0.15) is 0 Å². The van der Waals surface area contributed by atoms with Gasteiger partial charge in [0.2, 0.25) is 5.91 Å². The first-order chi connectivity index (χ1) is 12.0. The maximum Gasteiger partial charge on any atom is 0.280 e. The number of nitrogens with one attached hydrogen (secondary N) is 1. The summed E-state index contributed by atoms with van der Waals surface area (Å²) in [4.78, 5) is 26.8. The minimum Gasteiger partial charge on any atom is -0.352 e. The van der Waals surface area contributed by atoms with Crippen molar-refractivity contribution in [2.24, 2.45) is 0 Å². The van der Waals surface area contributed by atoms with Crippen molar-refractivity contribution in [1.29, 1.82) is 0 Å². The van der Waals surface area contributed by atoms with Gasteiger partial charge in [0.25, 0.3) is 5.91 Å². The van der Waals surface area contributed by atoms with Gasteiger partial charge in [-0.3, -0.25) is 14.5 Å². The lowest BCUT2D eigenvalue weighted by atomic mass is 10.1. The molecular formula is C18H22N4O2S. The Bertz CT molecular complexity index is 754. The van der Waals surface area contributed by atoms with Crippen LogP contribution in [-0.4, -0.2) is 34.0 Å². The molecule has 0 bridgehead atoms. The van der Waals surface area contributed by atoms with Gasteiger partial charge >= 0.3 is 0 Å². The standard InChI is InChI=1S/C18H22N4O2S/c1-12-7-8-15(9-13(12)2)22(18(24)16-11-25-21-20-16)10-17(23)19-14-5-3-4-6-14/h7-9,11,14H,3-6,10H2,1-2H3,(H,19,23). The summed E-state index contributed by atoms with van der Waals surface area (Å²) in [7, 11) is 0. The van der Waals surface area contributed by atoms with Gasteiger partial charge in [0.05, 0.1) is 0 Å². The van der Waals surface area contributed by atoms with E-state index in [1.54, 1.807) is 5.38 Å². The van der Waals surface area contributed by atoms with E-state index in [0.29, 0.717) is 5.69 Å². The molecule has 6 nitrogen and oxygen atoms in total. The normalized spacial score (nSPS) is 14.5. The van der Waals surface area contributed by atoms with E-state index in [1.807, 2.05) is 32.0 Å². The van der Waals surface area contributed by atoms with Gasteiger partial charge in [-0.1, -0.05) is 23.4 Å². The van der Waals surface area contributed by atoms with Gasteiger partial charge in [-0.15, -0.1) is 5.10 Å². The summed E-state index contributed by atoms with van der Waals surface area (Å²) in [6.45, 7) is 3.99. The molecule has 0 saturated heterocycles. The number of hydrogen-bond donors (Lipinski definition) is 1. The van der Waals surface area contributed by atoms with Crippen LogP contribution in [0.1, 0.15) is 47.3 Å². The highest BCUT2D eigenvalue weighted by Crippen LogP contribution is 2.21. The van der Waals surface area contributed by atoms with Crippen molar-refractivity contribution in [2.45, 2.75) is 45.6 Å². The summed E-state index contributed by atoms with van der Waals surface area (Å²) in [5.41, 5.74) is 3.17. The molecule has 1 N–H and O–H groups in total. The molecule has 132 valence electrons. The third-order valence-corrected chi connectivity index (χ3v) is 5.15. The zero-order chi connectivity index (χ0) is 17.8. The molecule has 2 aromatic rings. The molecule has 2 amide bonds. The smallest absolute Gasteiger partial charge is 0.280 e. The molecule has 0 aliphatic heterocycles. The van der Waals surface area contributed by atoms with E-state index in [1.165, 1.54) is 4.90 Å². The van der Waals surface area contributed by atoms with Gasteiger partial charge in [0, 0.05) is 17.1 Å². The van der Waals surface area contributed by atoms with Crippen LogP contribution in [0.15, 0.2) is 23.6 Å². The number of hydrogen-bond acceptors (Lipinski definition) is 5. The van der Waals surface area contributed by atoms with Crippen LogP contribution < -0.4 is 10.2 Å². The van der Waals surface area contributed by atoms with E-state index in [-0.39, 0.29) is 30.1 Å². The molecule has 1 aliphatic rings. The predicted molar refractivity (Wildman–Crippen MR) is 97.9 cm³/mol. The maximum atomic E-state index is 12.8. The molecule has 1 saturated carbocycles. The minimum absolute atomic E-state index is 0.0185. The SMILES string of the molecule is Cc1ccc(N(CC(=O)NC2CCCC2)C(=O)c2csnn2)cc1C. The predicted octanol–water partition coefficient (Wildman–Crippen LogP) is 2.86. The number of carbonyl (C=O) groups is 2. The van der Waals surface area contributed by atoms with Crippen LogP contribution in [0.3, 0.4) is 0 Å². The summed E-state index contributed by atoms with van der Waals surface area (Å²) in [5.74, 6) is -0.444. The molecule has 25 heavy (non-hydrogen) atoms. The molecule has 1 aromatic heterocycles. The van der Waals surface area contributed by atoms with Gasteiger partial charge in [-0.05, 0) is 61.5 Å². The number of anilines is 1. The molecule has 3 rings (SSSR count). The topological polar surface area (TPSA) is 75.2 Å². The number of carbonyl (C=O) groups excluding carboxylic acids is 2. The van der Waals surface area contributed by atoms with E-state index < -0.39 is 0 Å². The van der Waals surface area contributed by atoms with Crippen LogP contribution in [-0.2, 0) is 4.79 Å². The molecule has 1 aliphatic carbocycles. The first-order valence-corrected chi connectivity index (χ1v) is 9.34. The van der Waals surface area contributed by atoms with Gasteiger partial charge < -0.3 is 5.32 Å². The Morgan fingerprint density at radius 2 is 2.00 bits per heavy atom. The summed E-state index contributed by atoms with van der Waals surface area (Å²) >= 11 is 1.12. The lowest BCUT2D eigenvalue weighted by molar-refractivity contribution is -0.120. The number of nitrogens with zero attached hydrogens (tertiary/aromatic N) is 3. The quantitative estimate of drug-likeness (QED) is 0.892. The van der Waals surface area contributed by atoms with E-state index in [4.69, 9.17) is 0 Å². The Morgan fingerprint density at radius 3 is 2.64 bits per heavy atom. The highest BCUT2D eigenvalue weighted by atomic mass is 32.1. The summed E-state index contributed by atoms with van der Waals surface area (Å²) < 4.78 is 3.76. The third kappa shape index (κ3) is 4.22. The fourth-order valence-corrected chi connectivity index (χ4v) is 3.49. The Hall–Kier alpha value is -2.28. The highest BCUT2D eigenvalue weighted by Gasteiger charge is 2.25. The molecule has 0 radical (unpaired) electrons. The van der Waals surface area contributed by atoms with E-state index in [2.05, 4.69) is 14.9 Å². The Balaban J connectivity index is 1.81. The fraction of sp³-hybridized carbons (Fsp3) is 0.444. The van der Waals surface area contributed by atoms with Crippen molar-refractivity contribution in [3.05, 3.63) is 40.4 Å². The average Bonchev–Trinajstić information content (AvgIpc) is 3.28. The van der Waals surface area contributed by atoms with Crippen molar-refractivity contribution in [1.82, 2.24) is 14.9 Å². The fourth-order valence-electron chi connectivity index (χ4n) is 3.06. The van der Waals surface area contributed by atoms with Crippen LogP contribution in [0.5, 0.6) is 0 Å². The van der Waals surface area contributed by atoms with Crippen molar-refractivity contribution in [3.63, 3.8) is 0 Å². The monoisotopic (exact) mass is 358 g/mol. The molecular weight excluding hydrogens is 336 g/mol. The van der Waals surface area contributed by atoms with Crippen LogP contribution in [0, 0.1) is 13.8 Å². The van der Waals surface area contributed by atoms with Gasteiger partial charge in [-0.25, -0.2) is 0 Å². The van der Waals surface area contributed by atoms with Crippen molar-refractivity contribution in [2.75, 3.05) is 11.4 Å². The number of aromatic nitrogens is 2. The van der Waals surface area contributed by atoms with Crippen LogP contribution in [0.2, 0.25) is 0 Å². The Kier molecular flexibility index (Phi) is 5.43. The van der Waals surface area contributed by atoms with Gasteiger partial charge in [0.15, 0.2) is 5.69 Å². The number of rotatable bonds is 5. The second kappa shape index (κ2) is 7.74. The summed E-state index contributed by atoms with van der Waals surface area (Å²) in [5, 5.41) is 8.50. The second-order valence-electron chi connectivity index (χ2n) is 6.50. The molecule has 1 aromatic carbocycles. The van der Waals surface area contributed by atoms with Crippen LogP contribution >= 0.6 is 11.5 Å². The Labute approximate surface area is 151 Å². The number of amides is 2. The first-order valence-electron chi connectivity index (χ1n) is 8.50. The second-order valence-corrected chi connectivity index (χ2v) is 7.11. The van der Waals surface area contributed by atoms with Crippen molar-refractivity contribution >= 4 is 29.0 Å². The van der Waals surface area contributed by atoms with E-state index in [0.717, 1.165) is 48.3 Å². The third-order valence-electron chi connectivity index (χ3n) is 4.65. The molecule has 0 spiro atoms.